The molecule has 0 saturated heterocycles. The monoisotopic (exact) mass is 463 g/mol. The van der Waals surface area contributed by atoms with Crippen molar-refractivity contribution in [1.82, 2.24) is 21.3 Å². The normalized spacial score (nSPS) is 10.1. The second-order valence-corrected chi connectivity index (χ2v) is 7.17. The molecular weight excluding hydrogens is 430 g/mol. The van der Waals surface area contributed by atoms with Gasteiger partial charge in [0, 0.05) is 52.3 Å². The average molecular weight is 464 g/mol. The fourth-order valence-corrected chi connectivity index (χ4v) is 2.61. The fourth-order valence-electron chi connectivity index (χ4n) is 2.61. The number of carbonyl (C=O) groups excluding carboxylic acids is 5. The van der Waals surface area contributed by atoms with E-state index >= 15 is 0 Å². The van der Waals surface area contributed by atoms with E-state index in [1.54, 1.807) is 24.3 Å². The van der Waals surface area contributed by atoms with Crippen LogP contribution in [0.15, 0.2) is 24.3 Å². The van der Waals surface area contributed by atoms with E-state index in [-0.39, 0.29) is 50.1 Å². The topological polar surface area (TPSA) is 155 Å². The number of hydrogen-bond donors (Lipinski definition) is 5. The first-order chi connectivity index (χ1) is 15.8. The average Bonchev–Trinajstić information content (AvgIpc) is 2.76. The Hall–Kier alpha value is -3.47. The van der Waals surface area contributed by atoms with Gasteiger partial charge in [0.05, 0.1) is 13.0 Å². The molecule has 1 aromatic carbocycles. The molecule has 0 atom stereocenters. The lowest BCUT2D eigenvalue weighted by molar-refractivity contribution is -0.127. The summed E-state index contributed by atoms with van der Waals surface area (Å²) in [7, 11) is 1.54. The third kappa shape index (κ3) is 14.3. The Morgan fingerprint density at radius 2 is 1.48 bits per heavy atom. The SMILES string of the molecule is CNC(=O)CCNC(=O)Cc1ccc(NC(=O)CC(=O)NCCOCCCNC(C)=O)cc1. The number of anilines is 1. The van der Waals surface area contributed by atoms with E-state index < -0.39 is 11.8 Å². The third-order valence-electron chi connectivity index (χ3n) is 4.28. The summed E-state index contributed by atoms with van der Waals surface area (Å²) in [5, 5.41) is 13.0. The summed E-state index contributed by atoms with van der Waals surface area (Å²) < 4.78 is 5.33. The van der Waals surface area contributed by atoms with Crippen LogP contribution in [-0.2, 0) is 35.1 Å². The molecule has 0 fully saturated rings. The highest BCUT2D eigenvalue weighted by Crippen LogP contribution is 2.10. The minimum absolute atomic E-state index is 0.0881. The van der Waals surface area contributed by atoms with Gasteiger partial charge in [0.15, 0.2) is 0 Å². The molecule has 0 radical (unpaired) electrons. The van der Waals surface area contributed by atoms with E-state index in [4.69, 9.17) is 4.74 Å². The van der Waals surface area contributed by atoms with Crippen molar-refractivity contribution >= 4 is 35.2 Å². The summed E-state index contributed by atoms with van der Waals surface area (Å²) in [6, 6.07) is 6.71. The summed E-state index contributed by atoms with van der Waals surface area (Å²) >= 11 is 0. The molecule has 0 aromatic heterocycles. The Labute approximate surface area is 193 Å². The molecular formula is C22H33N5O6. The molecule has 1 aromatic rings. The molecule has 0 aliphatic rings. The van der Waals surface area contributed by atoms with Crippen LogP contribution in [0, 0.1) is 0 Å². The van der Waals surface area contributed by atoms with Gasteiger partial charge in [-0.1, -0.05) is 12.1 Å². The van der Waals surface area contributed by atoms with E-state index in [9.17, 15) is 24.0 Å². The van der Waals surface area contributed by atoms with Crippen molar-refractivity contribution in [3.63, 3.8) is 0 Å². The number of carbonyl (C=O) groups is 5. The van der Waals surface area contributed by atoms with Gasteiger partial charge in [-0.15, -0.1) is 0 Å². The van der Waals surface area contributed by atoms with Crippen molar-refractivity contribution in [2.24, 2.45) is 0 Å². The van der Waals surface area contributed by atoms with Gasteiger partial charge in [0.1, 0.15) is 6.42 Å². The maximum Gasteiger partial charge on any atom is 0.233 e. The van der Waals surface area contributed by atoms with Crippen LogP contribution >= 0.6 is 0 Å². The molecule has 0 heterocycles. The van der Waals surface area contributed by atoms with E-state index in [0.29, 0.717) is 31.9 Å². The summed E-state index contributed by atoms with van der Waals surface area (Å²) in [4.78, 5) is 57.6. The number of nitrogens with one attached hydrogen (secondary N) is 5. The zero-order valence-corrected chi connectivity index (χ0v) is 19.1. The number of amides is 5. The molecule has 5 N–H and O–H groups in total. The zero-order chi connectivity index (χ0) is 24.5. The smallest absolute Gasteiger partial charge is 0.233 e. The number of rotatable bonds is 15. The van der Waals surface area contributed by atoms with Crippen LogP contribution in [0.1, 0.15) is 31.7 Å². The summed E-state index contributed by atoms with van der Waals surface area (Å²) in [5.74, 6) is -1.31. The zero-order valence-electron chi connectivity index (χ0n) is 19.1. The molecule has 0 aliphatic heterocycles. The van der Waals surface area contributed by atoms with E-state index in [0.717, 1.165) is 5.56 Å². The van der Waals surface area contributed by atoms with Crippen molar-refractivity contribution in [3.8, 4) is 0 Å². The third-order valence-corrected chi connectivity index (χ3v) is 4.28. The van der Waals surface area contributed by atoms with E-state index in [2.05, 4.69) is 26.6 Å². The van der Waals surface area contributed by atoms with Crippen LogP contribution in [0.5, 0.6) is 0 Å². The van der Waals surface area contributed by atoms with Crippen LogP contribution in [0.3, 0.4) is 0 Å². The second kappa shape index (κ2) is 16.2. The molecule has 0 unspecified atom stereocenters. The molecule has 11 heteroatoms. The number of ether oxygens (including phenoxy) is 1. The van der Waals surface area contributed by atoms with Gasteiger partial charge in [0.25, 0.3) is 0 Å². The first-order valence-corrected chi connectivity index (χ1v) is 10.7. The van der Waals surface area contributed by atoms with Gasteiger partial charge in [-0.2, -0.15) is 0 Å². The number of hydrogen-bond acceptors (Lipinski definition) is 6. The van der Waals surface area contributed by atoms with Crippen LogP contribution in [0.2, 0.25) is 0 Å². The highest BCUT2D eigenvalue weighted by atomic mass is 16.5. The molecule has 0 aliphatic carbocycles. The van der Waals surface area contributed by atoms with Gasteiger partial charge >= 0.3 is 0 Å². The Kier molecular flexibility index (Phi) is 13.5. The van der Waals surface area contributed by atoms with Crippen molar-refractivity contribution in [3.05, 3.63) is 29.8 Å². The first kappa shape index (κ1) is 27.6. The molecule has 182 valence electrons. The largest absolute Gasteiger partial charge is 0.380 e. The van der Waals surface area contributed by atoms with E-state index in [1.807, 2.05) is 0 Å². The molecule has 0 spiro atoms. The van der Waals surface area contributed by atoms with Crippen molar-refractivity contribution in [1.29, 1.82) is 0 Å². The lowest BCUT2D eigenvalue weighted by atomic mass is 10.1. The Morgan fingerprint density at radius 1 is 0.788 bits per heavy atom. The summed E-state index contributed by atoms with van der Waals surface area (Å²) in [5.41, 5.74) is 1.26. The highest BCUT2D eigenvalue weighted by molar-refractivity contribution is 6.03. The second-order valence-electron chi connectivity index (χ2n) is 7.17. The van der Waals surface area contributed by atoms with Crippen molar-refractivity contribution < 1.29 is 28.7 Å². The van der Waals surface area contributed by atoms with Crippen LogP contribution in [0.25, 0.3) is 0 Å². The molecule has 1 rings (SSSR count). The molecule has 0 bridgehead atoms. The quantitative estimate of drug-likeness (QED) is 0.174. The maximum atomic E-state index is 12.0. The molecule has 33 heavy (non-hydrogen) atoms. The maximum absolute atomic E-state index is 12.0. The number of benzene rings is 1. The first-order valence-electron chi connectivity index (χ1n) is 10.7. The van der Waals surface area contributed by atoms with Gasteiger partial charge in [-0.3, -0.25) is 24.0 Å². The predicted molar refractivity (Wildman–Crippen MR) is 122 cm³/mol. The highest BCUT2D eigenvalue weighted by Gasteiger charge is 2.10. The summed E-state index contributed by atoms with van der Waals surface area (Å²) in [6.45, 7) is 3.31. The van der Waals surface area contributed by atoms with Gasteiger partial charge in [0.2, 0.25) is 29.5 Å². The molecule has 0 saturated carbocycles. The van der Waals surface area contributed by atoms with Crippen molar-refractivity contribution in [2.75, 3.05) is 45.2 Å². The van der Waals surface area contributed by atoms with Crippen LogP contribution < -0.4 is 26.6 Å². The molecule has 5 amide bonds. The lowest BCUT2D eigenvalue weighted by Crippen LogP contribution is -2.31. The standard InChI is InChI=1S/C22H33N5O6/c1-16(28)24-9-3-12-33-13-11-26-21(31)15-22(32)27-18-6-4-17(5-7-18)14-20(30)25-10-8-19(29)23-2/h4-7H,3,8-15H2,1-2H3,(H,23,29)(H,24,28)(H,25,30)(H,26,31)(H,27,32). The van der Waals surface area contributed by atoms with Gasteiger partial charge < -0.3 is 31.3 Å². The van der Waals surface area contributed by atoms with Crippen LogP contribution in [-0.4, -0.2) is 69.4 Å². The lowest BCUT2D eigenvalue weighted by Gasteiger charge is -2.09. The van der Waals surface area contributed by atoms with Gasteiger partial charge in [-0.25, -0.2) is 0 Å². The van der Waals surface area contributed by atoms with Crippen molar-refractivity contribution in [2.45, 2.75) is 32.6 Å². The Morgan fingerprint density at radius 3 is 2.15 bits per heavy atom. The minimum Gasteiger partial charge on any atom is -0.380 e. The minimum atomic E-state index is -0.455. The van der Waals surface area contributed by atoms with E-state index in [1.165, 1.54) is 14.0 Å². The van der Waals surface area contributed by atoms with Gasteiger partial charge in [-0.05, 0) is 24.1 Å². The summed E-state index contributed by atoms with van der Waals surface area (Å²) in [6.07, 6.45) is 0.725. The molecule has 11 nitrogen and oxygen atoms in total. The Bertz CT molecular complexity index is 797. The Balaban J connectivity index is 2.20. The fraction of sp³-hybridized carbons (Fsp3) is 0.500. The predicted octanol–water partition coefficient (Wildman–Crippen LogP) is -0.531. The van der Waals surface area contributed by atoms with Crippen LogP contribution in [0.4, 0.5) is 5.69 Å².